The van der Waals surface area contributed by atoms with Gasteiger partial charge in [0.25, 0.3) is 5.69 Å². The second-order valence-electron chi connectivity index (χ2n) is 6.86. The third kappa shape index (κ3) is 2.87. The fourth-order valence-corrected chi connectivity index (χ4v) is 3.60. The Hall–Kier alpha value is -5.20. The van der Waals surface area contributed by atoms with Crippen molar-refractivity contribution in [3.05, 3.63) is 97.6 Å². The molecule has 6 rings (SSSR count). The molecule has 0 amide bonds. The van der Waals surface area contributed by atoms with Crippen molar-refractivity contribution < 1.29 is 24.1 Å². The minimum Gasteiger partial charge on any atom is -0.287 e. The number of aromatic nitrogens is 6. The first-order valence-corrected chi connectivity index (χ1v) is 9.27. The molecule has 0 atom stereocenters. The van der Waals surface area contributed by atoms with Crippen LogP contribution in [-0.4, -0.2) is 58.9 Å². The number of nitro benzene ring substituents is 1. The second kappa shape index (κ2) is 7.19. The Morgan fingerprint density at radius 3 is 1.52 bits per heavy atom. The first kappa shape index (κ1) is 19.7. The quantitative estimate of drug-likeness (QED) is 0.274. The highest BCUT2D eigenvalue weighted by molar-refractivity contribution is 6.28. The molecule has 0 unspecified atom stereocenters. The van der Waals surface area contributed by atoms with Crippen LogP contribution >= 0.6 is 0 Å². The summed E-state index contributed by atoms with van der Waals surface area (Å²) in [5.41, 5.74) is 0.0731. The molecule has 2 heterocycles. The van der Waals surface area contributed by atoms with Crippen molar-refractivity contribution in [2.45, 2.75) is 0 Å². The lowest BCUT2D eigenvalue weighted by molar-refractivity contribution is -0.385. The number of nitrogens with zero attached hydrogens (tertiary/aromatic N) is 5. The third-order valence-electron chi connectivity index (χ3n) is 5.08. The maximum absolute atomic E-state index is 12.1. The number of aromatic amines is 2. The monoisotopic (exact) mass is 443 g/mol. The molecule has 33 heavy (non-hydrogen) atoms. The molecular formula is C20H9N7O6. The van der Waals surface area contributed by atoms with E-state index in [9.17, 15) is 29.3 Å². The molecule has 0 spiro atoms. The van der Waals surface area contributed by atoms with E-state index in [1.807, 2.05) is 0 Å². The number of H-pyrrole nitrogens is 2. The van der Waals surface area contributed by atoms with E-state index in [-0.39, 0.29) is 45.5 Å². The summed E-state index contributed by atoms with van der Waals surface area (Å²) in [6.07, 6.45) is 0. The van der Waals surface area contributed by atoms with Crippen LogP contribution in [0.5, 0.6) is 0 Å². The number of hydrogen-bond donors (Lipinski definition) is 2. The van der Waals surface area contributed by atoms with Crippen molar-refractivity contribution in [2.75, 3.05) is 0 Å². The molecular weight excluding hydrogens is 434 g/mol. The number of nitro groups is 1. The van der Waals surface area contributed by atoms with Gasteiger partial charge in [0.15, 0.2) is 22.8 Å². The summed E-state index contributed by atoms with van der Waals surface area (Å²) in [4.78, 5) is 57.9. The molecule has 160 valence electrons. The molecule has 0 fully saturated rings. The van der Waals surface area contributed by atoms with Crippen molar-refractivity contribution in [3.8, 4) is 0 Å². The lowest BCUT2D eigenvalue weighted by Crippen LogP contribution is -2.22. The van der Waals surface area contributed by atoms with E-state index >= 15 is 0 Å². The summed E-state index contributed by atoms with van der Waals surface area (Å²) >= 11 is 0. The normalized spacial score (nSPS) is 13.3. The average Bonchev–Trinajstić information content (AvgIpc) is 3.51. The molecule has 2 aliphatic carbocycles. The van der Waals surface area contributed by atoms with E-state index in [0.717, 1.165) is 0 Å². The first-order valence-electron chi connectivity index (χ1n) is 9.27. The van der Waals surface area contributed by atoms with Gasteiger partial charge in [0, 0.05) is 22.8 Å². The molecule has 0 saturated carbocycles. The molecule has 0 radical (unpaired) electrons. The average molecular weight is 443 g/mol. The Labute approximate surface area is 182 Å². The maximum Gasteiger partial charge on any atom is 0.281 e. The van der Waals surface area contributed by atoms with E-state index in [2.05, 4.69) is 30.8 Å². The van der Waals surface area contributed by atoms with Crippen LogP contribution < -0.4 is 0 Å². The number of nitrogens with one attached hydrogen (secondary N) is 2. The fraction of sp³-hybridized carbons (Fsp3) is 0. The first-order chi connectivity index (χ1) is 15.9. The molecule has 2 aliphatic rings. The zero-order valence-corrected chi connectivity index (χ0v) is 16.2. The van der Waals surface area contributed by atoms with Crippen LogP contribution in [0, 0.1) is 10.1 Å². The third-order valence-corrected chi connectivity index (χ3v) is 5.08. The van der Waals surface area contributed by atoms with Crippen molar-refractivity contribution >= 4 is 28.8 Å². The summed E-state index contributed by atoms with van der Waals surface area (Å²) in [7, 11) is 0. The van der Waals surface area contributed by atoms with Gasteiger partial charge in [-0.3, -0.25) is 29.3 Å². The summed E-state index contributed by atoms with van der Waals surface area (Å²) in [5.74, 6) is -1.72. The number of carbonyl (C=O) groups excluding carboxylic acids is 4. The second-order valence-corrected chi connectivity index (χ2v) is 6.86. The fourth-order valence-electron chi connectivity index (χ4n) is 3.60. The van der Waals surface area contributed by atoms with Crippen molar-refractivity contribution in [3.63, 3.8) is 0 Å². The Morgan fingerprint density at radius 2 is 1.03 bits per heavy atom. The molecule has 13 nitrogen and oxygen atoms in total. The van der Waals surface area contributed by atoms with Gasteiger partial charge in [-0.15, -0.1) is 0 Å². The summed E-state index contributed by atoms with van der Waals surface area (Å²) in [6, 6.07) is 10.6. The van der Waals surface area contributed by atoms with Gasteiger partial charge in [-0.1, -0.05) is 30.3 Å². The van der Waals surface area contributed by atoms with Gasteiger partial charge >= 0.3 is 0 Å². The summed E-state index contributed by atoms with van der Waals surface area (Å²) < 4.78 is 0. The molecule has 0 aliphatic heterocycles. The van der Waals surface area contributed by atoms with Gasteiger partial charge in [0.05, 0.1) is 4.92 Å². The van der Waals surface area contributed by atoms with Crippen LogP contribution in [0.3, 0.4) is 0 Å². The smallest absolute Gasteiger partial charge is 0.281 e. The van der Waals surface area contributed by atoms with Gasteiger partial charge in [-0.25, -0.2) is 0 Å². The van der Waals surface area contributed by atoms with E-state index in [0.29, 0.717) is 11.1 Å². The molecule has 0 bridgehead atoms. The Balaban J connectivity index is 0.000000140. The van der Waals surface area contributed by atoms with Crippen molar-refractivity contribution in [1.29, 1.82) is 0 Å². The Bertz CT molecular complexity index is 1480. The van der Waals surface area contributed by atoms with Crippen LogP contribution in [0.1, 0.15) is 64.2 Å². The maximum atomic E-state index is 12.1. The number of rotatable bonds is 1. The topological polar surface area (TPSA) is 195 Å². The van der Waals surface area contributed by atoms with Gasteiger partial charge in [-0.2, -0.15) is 30.8 Å². The molecule has 2 N–H and O–H groups in total. The van der Waals surface area contributed by atoms with E-state index in [4.69, 9.17) is 0 Å². The summed E-state index contributed by atoms with van der Waals surface area (Å²) in [5, 5.41) is 29.8. The summed E-state index contributed by atoms with van der Waals surface area (Å²) in [6.45, 7) is 0. The van der Waals surface area contributed by atoms with Crippen LogP contribution in [0.2, 0.25) is 0 Å². The van der Waals surface area contributed by atoms with Crippen molar-refractivity contribution in [2.24, 2.45) is 0 Å². The predicted molar refractivity (Wildman–Crippen MR) is 106 cm³/mol. The zero-order valence-electron chi connectivity index (χ0n) is 16.2. The Morgan fingerprint density at radius 1 is 0.606 bits per heavy atom. The van der Waals surface area contributed by atoms with E-state index < -0.39 is 22.2 Å². The number of carbonyl (C=O) groups is 4. The highest BCUT2D eigenvalue weighted by Crippen LogP contribution is 2.31. The minimum absolute atomic E-state index is 0.0180. The van der Waals surface area contributed by atoms with Crippen molar-refractivity contribution in [1.82, 2.24) is 30.8 Å². The highest BCUT2D eigenvalue weighted by Gasteiger charge is 2.38. The number of benzene rings is 2. The Kier molecular flexibility index (Phi) is 4.30. The van der Waals surface area contributed by atoms with Gasteiger partial charge in [-0.05, 0) is 6.07 Å². The van der Waals surface area contributed by atoms with Crippen LogP contribution in [0.4, 0.5) is 5.69 Å². The highest BCUT2D eigenvalue weighted by atomic mass is 16.6. The van der Waals surface area contributed by atoms with Crippen LogP contribution in [-0.2, 0) is 0 Å². The van der Waals surface area contributed by atoms with Crippen LogP contribution in [0.25, 0.3) is 0 Å². The molecule has 2 aromatic heterocycles. The number of ketones is 4. The minimum atomic E-state index is -0.699. The molecule has 2 aromatic carbocycles. The van der Waals surface area contributed by atoms with Gasteiger partial charge in [0.2, 0.25) is 23.1 Å². The van der Waals surface area contributed by atoms with E-state index in [1.165, 1.54) is 18.2 Å². The zero-order chi connectivity index (χ0) is 23.3. The molecule has 13 heteroatoms. The lowest BCUT2D eigenvalue weighted by Gasteiger charge is -2.11. The van der Waals surface area contributed by atoms with Gasteiger partial charge in [0.1, 0.15) is 5.56 Å². The number of fused-ring (bicyclic) bond motifs is 4. The van der Waals surface area contributed by atoms with E-state index in [1.54, 1.807) is 24.3 Å². The largest absolute Gasteiger partial charge is 0.287 e. The van der Waals surface area contributed by atoms with Gasteiger partial charge < -0.3 is 0 Å². The number of hydrogen-bond acceptors (Lipinski definition) is 10. The lowest BCUT2D eigenvalue weighted by atomic mass is 9.89. The molecule has 4 aromatic rings. The predicted octanol–water partition coefficient (Wildman–Crippen LogP) is 1.07. The standard InChI is InChI=1S/C10H4N4O4.C10H5N3O2/c15-9-4-2-1-3-5(14(17)18)6(4)10(16)8-7(9)11-13-12-8;14-9-5-3-1-2-4-6(5)10(15)8-7(9)11-13-12-8/h1-3H,(H,11,12,13);1-4H,(H,11,12,13). The van der Waals surface area contributed by atoms with Crippen LogP contribution in [0.15, 0.2) is 42.5 Å². The molecule has 0 saturated heterocycles. The SMILES string of the molecule is O=C1c2cccc([N+](=O)[O-])c2C(=O)c2n[nH]nc21.O=C1c2ccccc2C(=O)c2n[nH]nc21.